The number of hydrogen-bond donors (Lipinski definition) is 1. The van der Waals surface area contributed by atoms with Crippen LogP contribution < -0.4 is 10.1 Å². The molecule has 3 aromatic rings. The second-order valence-corrected chi connectivity index (χ2v) is 11.0. The molecule has 6 nitrogen and oxygen atoms in total. The molecule has 1 fully saturated rings. The Bertz CT molecular complexity index is 1390. The molecule has 2 bridgehead atoms. The lowest BCUT2D eigenvalue weighted by atomic mass is 9.82. The average molecular weight is 558 g/mol. The zero-order valence-electron chi connectivity index (χ0n) is 23.1. The van der Waals surface area contributed by atoms with E-state index in [1.165, 1.54) is 5.56 Å². The van der Waals surface area contributed by atoms with Gasteiger partial charge < -0.3 is 19.9 Å². The van der Waals surface area contributed by atoms with E-state index < -0.39 is 0 Å². The van der Waals surface area contributed by atoms with Gasteiger partial charge >= 0.3 is 0 Å². The van der Waals surface area contributed by atoms with Crippen LogP contribution in [0.2, 0.25) is 5.02 Å². The highest BCUT2D eigenvalue weighted by Crippen LogP contribution is 2.34. The number of carbonyl (C=O) groups excluding carboxylic acids is 2. The molecule has 0 spiro atoms. The fourth-order valence-electron chi connectivity index (χ4n) is 5.63. The first kappa shape index (κ1) is 27.9. The fraction of sp³-hybridized carbons (Fsp3) is 0.333. The van der Waals surface area contributed by atoms with Crippen molar-refractivity contribution in [2.45, 2.75) is 38.3 Å². The number of hydrogen-bond acceptors (Lipinski definition) is 4. The summed E-state index contributed by atoms with van der Waals surface area (Å²) in [6.45, 7) is 3.86. The molecule has 40 heavy (non-hydrogen) atoms. The fourth-order valence-corrected chi connectivity index (χ4v) is 5.82. The van der Waals surface area contributed by atoms with Gasteiger partial charge in [0.2, 0.25) is 5.91 Å². The molecule has 2 heterocycles. The highest BCUT2D eigenvalue weighted by atomic mass is 35.5. The molecule has 1 saturated heterocycles. The van der Waals surface area contributed by atoms with Gasteiger partial charge in [0.05, 0.1) is 17.7 Å². The molecule has 0 aromatic heterocycles. The molecular formula is C33H36ClN3O3. The molecule has 1 unspecified atom stereocenters. The standard InChI is InChI=1S/C33H36ClN3O3/c1-23(38)37-21-27-20-28(26-12-8-11-25(19-26)16-18-40-31-14-7-6-13-29(31)34)32(30(22-37)35-27)33(39)36(2)17-15-24-9-4-3-5-10-24/h3-14,19,27,30,35H,15-18,20-22H2,1-2H3/t27?,30-/m1/s1. The molecule has 7 heteroatoms. The number of nitrogens with one attached hydrogen (secondary N) is 1. The van der Waals surface area contributed by atoms with E-state index in [-0.39, 0.29) is 23.9 Å². The Hall–Kier alpha value is -3.61. The quantitative estimate of drug-likeness (QED) is 0.402. The molecule has 2 aliphatic heterocycles. The lowest BCUT2D eigenvalue weighted by molar-refractivity contribution is -0.132. The summed E-state index contributed by atoms with van der Waals surface area (Å²) >= 11 is 6.24. The van der Waals surface area contributed by atoms with Gasteiger partial charge in [-0.15, -0.1) is 0 Å². The van der Waals surface area contributed by atoms with Crippen LogP contribution in [0, 0.1) is 0 Å². The number of halogens is 1. The first-order valence-corrected chi connectivity index (χ1v) is 14.3. The Morgan fingerprint density at radius 2 is 1.73 bits per heavy atom. The van der Waals surface area contributed by atoms with Gasteiger partial charge in [0, 0.05) is 51.6 Å². The van der Waals surface area contributed by atoms with E-state index in [0.717, 1.165) is 35.1 Å². The molecule has 3 aromatic carbocycles. The van der Waals surface area contributed by atoms with Crippen LogP contribution in [0.25, 0.3) is 5.57 Å². The third-order valence-electron chi connectivity index (χ3n) is 7.77. The summed E-state index contributed by atoms with van der Waals surface area (Å²) in [6, 6.07) is 26.0. The summed E-state index contributed by atoms with van der Waals surface area (Å²) in [5.74, 6) is 0.736. The second kappa shape index (κ2) is 12.7. The normalized spacial score (nSPS) is 18.4. The van der Waals surface area contributed by atoms with Gasteiger partial charge in [-0.1, -0.05) is 78.3 Å². The number of likely N-dealkylation sites (N-methyl/N-ethyl adjacent to an activating group) is 1. The van der Waals surface area contributed by atoms with E-state index >= 15 is 0 Å². The predicted octanol–water partition coefficient (Wildman–Crippen LogP) is 5.01. The number of nitrogens with zero attached hydrogens (tertiary/aromatic N) is 2. The lowest BCUT2D eigenvalue weighted by Crippen LogP contribution is -2.61. The van der Waals surface area contributed by atoms with E-state index in [0.29, 0.717) is 43.4 Å². The highest BCUT2D eigenvalue weighted by molar-refractivity contribution is 6.32. The predicted molar refractivity (Wildman–Crippen MR) is 159 cm³/mol. The second-order valence-electron chi connectivity index (χ2n) is 10.6. The van der Waals surface area contributed by atoms with Crippen LogP contribution in [0.4, 0.5) is 0 Å². The highest BCUT2D eigenvalue weighted by Gasteiger charge is 2.39. The monoisotopic (exact) mass is 557 g/mol. The van der Waals surface area contributed by atoms with Crippen LogP contribution in [0.15, 0.2) is 84.4 Å². The molecular weight excluding hydrogens is 522 g/mol. The van der Waals surface area contributed by atoms with Crippen LogP contribution in [0.1, 0.15) is 30.0 Å². The third-order valence-corrected chi connectivity index (χ3v) is 8.08. The molecule has 2 amide bonds. The van der Waals surface area contributed by atoms with E-state index in [2.05, 4.69) is 35.6 Å². The number of amides is 2. The van der Waals surface area contributed by atoms with Crippen LogP contribution in [0.3, 0.4) is 0 Å². The largest absolute Gasteiger partial charge is 0.492 e. The summed E-state index contributed by atoms with van der Waals surface area (Å²) in [4.78, 5) is 30.0. The van der Waals surface area contributed by atoms with Crippen molar-refractivity contribution in [3.8, 4) is 5.75 Å². The minimum Gasteiger partial charge on any atom is -0.492 e. The van der Waals surface area contributed by atoms with Crippen molar-refractivity contribution in [1.82, 2.24) is 15.1 Å². The number of piperazine rings is 1. The van der Waals surface area contributed by atoms with Crippen LogP contribution in [-0.4, -0.2) is 67.0 Å². The Morgan fingerprint density at radius 1 is 0.975 bits per heavy atom. The molecule has 2 atom stereocenters. The zero-order chi connectivity index (χ0) is 28.1. The number of benzene rings is 3. The van der Waals surface area contributed by atoms with Gasteiger partial charge in [-0.3, -0.25) is 9.59 Å². The minimum absolute atomic E-state index is 0.0136. The summed E-state index contributed by atoms with van der Waals surface area (Å²) in [6.07, 6.45) is 2.19. The smallest absolute Gasteiger partial charge is 0.251 e. The Kier molecular flexibility index (Phi) is 8.88. The Labute approximate surface area is 241 Å². The molecule has 0 saturated carbocycles. The maximum absolute atomic E-state index is 14.0. The van der Waals surface area contributed by atoms with E-state index in [9.17, 15) is 9.59 Å². The lowest BCUT2D eigenvalue weighted by Gasteiger charge is -2.44. The minimum atomic E-state index is -0.203. The van der Waals surface area contributed by atoms with Crippen LogP contribution in [-0.2, 0) is 22.4 Å². The van der Waals surface area contributed by atoms with Crippen molar-refractivity contribution in [3.05, 3.63) is 106 Å². The van der Waals surface area contributed by atoms with Crippen molar-refractivity contribution >= 4 is 29.0 Å². The summed E-state index contributed by atoms with van der Waals surface area (Å²) in [7, 11) is 1.87. The van der Waals surface area contributed by atoms with Gasteiger partial charge in [0.1, 0.15) is 5.75 Å². The van der Waals surface area contributed by atoms with E-state index in [1.54, 1.807) is 6.92 Å². The number of rotatable bonds is 9. The molecule has 5 rings (SSSR count). The molecule has 0 radical (unpaired) electrons. The van der Waals surface area contributed by atoms with Crippen molar-refractivity contribution in [1.29, 1.82) is 0 Å². The first-order valence-electron chi connectivity index (χ1n) is 13.9. The summed E-state index contributed by atoms with van der Waals surface area (Å²) in [5, 5.41) is 4.24. The molecule has 2 aliphatic rings. The number of ether oxygens (including phenoxy) is 1. The van der Waals surface area contributed by atoms with Crippen molar-refractivity contribution < 1.29 is 14.3 Å². The van der Waals surface area contributed by atoms with Gasteiger partial charge in [-0.05, 0) is 47.2 Å². The average Bonchev–Trinajstić information content (AvgIpc) is 2.97. The van der Waals surface area contributed by atoms with Crippen molar-refractivity contribution in [2.24, 2.45) is 0 Å². The van der Waals surface area contributed by atoms with Crippen molar-refractivity contribution in [3.63, 3.8) is 0 Å². The molecule has 208 valence electrons. The maximum Gasteiger partial charge on any atom is 0.251 e. The van der Waals surface area contributed by atoms with E-state index in [1.807, 2.05) is 65.4 Å². The molecule has 1 N–H and O–H groups in total. The summed E-state index contributed by atoms with van der Waals surface area (Å²) < 4.78 is 5.92. The van der Waals surface area contributed by atoms with Gasteiger partial charge in [-0.25, -0.2) is 0 Å². The SMILES string of the molecule is CC(=O)N1CC2CC(c3cccc(CCOc4ccccc4Cl)c3)=C(C(=O)N(C)CCc3ccccc3)[C@@H](C1)N2. The van der Waals surface area contributed by atoms with Crippen molar-refractivity contribution in [2.75, 3.05) is 33.3 Å². The van der Waals surface area contributed by atoms with Crippen LogP contribution >= 0.6 is 11.6 Å². The number of fused-ring (bicyclic) bond motifs is 2. The van der Waals surface area contributed by atoms with Gasteiger partial charge in [-0.2, -0.15) is 0 Å². The van der Waals surface area contributed by atoms with Crippen LogP contribution in [0.5, 0.6) is 5.75 Å². The van der Waals surface area contributed by atoms with Gasteiger partial charge in [0.25, 0.3) is 5.91 Å². The Morgan fingerprint density at radius 3 is 2.50 bits per heavy atom. The number of carbonyl (C=O) groups is 2. The number of para-hydroxylation sites is 1. The van der Waals surface area contributed by atoms with Gasteiger partial charge in [0.15, 0.2) is 0 Å². The third kappa shape index (κ3) is 6.57. The van der Waals surface area contributed by atoms with E-state index in [4.69, 9.17) is 16.3 Å². The molecule has 0 aliphatic carbocycles. The zero-order valence-corrected chi connectivity index (χ0v) is 23.9. The first-order chi connectivity index (χ1) is 19.4. The Balaban J connectivity index is 1.39. The maximum atomic E-state index is 14.0. The summed E-state index contributed by atoms with van der Waals surface area (Å²) in [5.41, 5.74) is 5.23. The topological polar surface area (TPSA) is 61.9 Å².